The maximum absolute atomic E-state index is 13.2. The molecule has 0 atom stereocenters. The van der Waals surface area contributed by atoms with Crippen molar-refractivity contribution < 1.29 is 12.9 Å². The summed E-state index contributed by atoms with van der Waals surface area (Å²) in [4.78, 5) is 1.91. The summed E-state index contributed by atoms with van der Waals surface area (Å²) in [7, 11) is -3.53. The first-order chi connectivity index (χ1) is 11.9. The summed E-state index contributed by atoms with van der Waals surface area (Å²) in [6.07, 6.45) is 0.743. The largest absolute Gasteiger partial charge is 0.355 e. The second-order valence-electron chi connectivity index (χ2n) is 6.22. The molecule has 0 N–H and O–H groups in total. The summed E-state index contributed by atoms with van der Waals surface area (Å²) in [6.45, 7) is 4.61. The van der Waals surface area contributed by atoms with E-state index in [-0.39, 0.29) is 0 Å². The number of hydrogen-bond donors (Lipinski definition) is 0. The average molecular weight is 374 g/mol. The van der Waals surface area contributed by atoms with E-state index in [1.54, 1.807) is 10.4 Å². The molecule has 1 aliphatic rings. The van der Waals surface area contributed by atoms with Gasteiger partial charge in [-0.1, -0.05) is 29.4 Å². The van der Waals surface area contributed by atoms with Crippen LogP contribution in [0, 0.1) is 13.8 Å². The maximum atomic E-state index is 13.2. The Hall–Kier alpha value is -1.96. The van der Waals surface area contributed by atoms with E-state index >= 15 is 0 Å². The molecule has 0 spiro atoms. The van der Waals surface area contributed by atoms with Crippen LogP contribution in [-0.4, -0.2) is 24.4 Å². The first kappa shape index (κ1) is 16.5. The van der Waals surface area contributed by atoms with Crippen LogP contribution in [0.5, 0.6) is 0 Å². The van der Waals surface area contributed by atoms with Crippen molar-refractivity contribution in [1.82, 2.24) is 9.46 Å². The minimum atomic E-state index is -3.53. The number of nitrogens with zero attached hydrogens (tertiary/aromatic N) is 2. The van der Waals surface area contributed by atoms with Crippen LogP contribution < -0.4 is 0 Å². The molecule has 2 aromatic heterocycles. The Morgan fingerprint density at radius 2 is 1.92 bits per heavy atom. The quantitative estimate of drug-likeness (QED) is 0.700. The minimum absolute atomic E-state index is 0.362. The van der Waals surface area contributed by atoms with Crippen molar-refractivity contribution in [2.24, 2.45) is 0 Å². The summed E-state index contributed by atoms with van der Waals surface area (Å²) in [5.74, 6) is 0.607. The number of rotatable bonds is 3. The zero-order valence-corrected chi connectivity index (χ0v) is 15.7. The highest BCUT2D eigenvalue weighted by Crippen LogP contribution is 2.36. The molecule has 0 amide bonds. The fourth-order valence-corrected chi connectivity index (χ4v) is 6.06. The molecule has 1 aromatic carbocycles. The molecule has 0 unspecified atom stereocenters. The molecule has 0 saturated carbocycles. The third kappa shape index (κ3) is 2.92. The molecule has 0 fully saturated rings. The standard InChI is InChI=1S/C18H18N2O3S2/c1-12-9-16(23-19-12)17-10-18(13(2)24-17)25(21,22)20-8-7-14-5-3-4-6-15(14)11-20/h3-6,9-10H,7-8,11H2,1-2H3. The van der Waals surface area contributed by atoms with Crippen molar-refractivity contribution in [3.8, 4) is 10.6 Å². The lowest BCUT2D eigenvalue weighted by atomic mass is 10.0. The lowest BCUT2D eigenvalue weighted by molar-refractivity contribution is 0.391. The fraction of sp³-hybridized carbons (Fsp3) is 0.278. The van der Waals surface area contributed by atoms with Gasteiger partial charge in [-0.2, -0.15) is 4.31 Å². The van der Waals surface area contributed by atoms with E-state index < -0.39 is 10.0 Å². The van der Waals surface area contributed by atoms with Crippen LogP contribution >= 0.6 is 11.3 Å². The highest BCUT2D eigenvalue weighted by Gasteiger charge is 2.31. The van der Waals surface area contributed by atoms with Gasteiger partial charge in [0.05, 0.1) is 15.5 Å². The smallest absolute Gasteiger partial charge is 0.244 e. The van der Waals surface area contributed by atoms with Crippen LogP contribution in [0.25, 0.3) is 10.6 Å². The highest BCUT2D eigenvalue weighted by molar-refractivity contribution is 7.89. The van der Waals surface area contributed by atoms with Gasteiger partial charge < -0.3 is 4.52 Å². The molecule has 7 heteroatoms. The zero-order chi connectivity index (χ0) is 17.6. The van der Waals surface area contributed by atoms with Gasteiger partial charge in [-0.15, -0.1) is 11.3 Å². The van der Waals surface area contributed by atoms with Gasteiger partial charge >= 0.3 is 0 Å². The molecule has 3 heterocycles. The number of benzene rings is 1. The van der Waals surface area contributed by atoms with E-state index in [0.29, 0.717) is 23.7 Å². The van der Waals surface area contributed by atoms with Gasteiger partial charge in [0.25, 0.3) is 0 Å². The molecular formula is C18H18N2O3S2. The fourth-order valence-electron chi connectivity index (χ4n) is 3.14. The first-order valence-corrected chi connectivity index (χ1v) is 10.3. The number of aryl methyl sites for hydroxylation is 2. The SMILES string of the molecule is Cc1cc(-c2cc(S(=O)(=O)N3CCc4ccccc4C3)c(C)s2)on1. The Kier molecular flexibility index (Phi) is 4.02. The second kappa shape index (κ2) is 6.09. The summed E-state index contributed by atoms with van der Waals surface area (Å²) < 4.78 is 33.2. The lowest BCUT2D eigenvalue weighted by Crippen LogP contribution is -2.36. The van der Waals surface area contributed by atoms with Gasteiger partial charge in [0.1, 0.15) is 0 Å². The molecule has 1 aliphatic heterocycles. The molecular weight excluding hydrogens is 356 g/mol. The van der Waals surface area contributed by atoms with Crippen LogP contribution in [0.1, 0.15) is 21.7 Å². The predicted molar refractivity (Wildman–Crippen MR) is 97.0 cm³/mol. The third-order valence-electron chi connectivity index (χ3n) is 4.46. The Morgan fingerprint density at radius 3 is 2.64 bits per heavy atom. The van der Waals surface area contributed by atoms with Gasteiger partial charge in [0.15, 0.2) is 5.76 Å². The van der Waals surface area contributed by atoms with Gasteiger partial charge in [-0.25, -0.2) is 8.42 Å². The van der Waals surface area contributed by atoms with Gasteiger partial charge in [0.2, 0.25) is 10.0 Å². The molecule has 0 saturated heterocycles. The number of fused-ring (bicyclic) bond motifs is 1. The topological polar surface area (TPSA) is 63.4 Å². The van der Waals surface area contributed by atoms with Crippen LogP contribution in [0.15, 0.2) is 45.8 Å². The third-order valence-corrected chi connectivity index (χ3v) is 7.62. The Labute approximate surface area is 150 Å². The summed E-state index contributed by atoms with van der Waals surface area (Å²) in [5.41, 5.74) is 3.09. The van der Waals surface area contributed by atoms with E-state index in [4.69, 9.17) is 4.52 Å². The van der Waals surface area contributed by atoms with Crippen molar-refractivity contribution in [2.75, 3.05) is 6.54 Å². The van der Waals surface area contributed by atoms with Crippen LogP contribution in [-0.2, 0) is 23.0 Å². The van der Waals surface area contributed by atoms with Gasteiger partial charge in [0, 0.05) is 24.0 Å². The molecule has 130 valence electrons. The van der Waals surface area contributed by atoms with E-state index in [9.17, 15) is 8.42 Å². The molecule has 4 rings (SSSR count). The predicted octanol–water partition coefficient (Wildman–Crippen LogP) is 3.77. The number of sulfonamides is 1. The molecule has 0 radical (unpaired) electrons. The highest BCUT2D eigenvalue weighted by atomic mass is 32.2. The van der Waals surface area contributed by atoms with E-state index in [1.165, 1.54) is 16.9 Å². The van der Waals surface area contributed by atoms with Crippen molar-refractivity contribution in [3.05, 3.63) is 58.1 Å². The van der Waals surface area contributed by atoms with Crippen LogP contribution in [0.3, 0.4) is 0 Å². The Bertz CT molecular complexity index is 1030. The monoisotopic (exact) mass is 374 g/mol. The second-order valence-corrected chi connectivity index (χ2v) is 9.38. The van der Waals surface area contributed by atoms with Crippen LogP contribution in [0.2, 0.25) is 0 Å². The molecule has 25 heavy (non-hydrogen) atoms. The average Bonchev–Trinajstić information content (AvgIpc) is 3.20. The molecule has 0 aliphatic carbocycles. The van der Waals surface area contributed by atoms with Crippen molar-refractivity contribution in [3.63, 3.8) is 0 Å². The number of thiophene rings is 1. The van der Waals surface area contributed by atoms with Crippen molar-refractivity contribution in [1.29, 1.82) is 0 Å². The first-order valence-electron chi connectivity index (χ1n) is 8.06. The zero-order valence-electron chi connectivity index (χ0n) is 14.0. The molecule has 5 nitrogen and oxygen atoms in total. The van der Waals surface area contributed by atoms with Gasteiger partial charge in [-0.3, -0.25) is 0 Å². The maximum Gasteiger partial charge on any atom is 0.244 e. The minimum Gasteiger partial charge on any atom is -0.355 e. The van der Waals surface area contributed by atoms with Crippen molar-refractivity contribution >= 4 is 21.4 Å². The summed E-state index contributed by atoms with van der Waals surface area (Å²) in [5, 5.41) is 3.88. The molecule has 3 aromatic rings. The van der Waals surface area contributed by atoms with Crippen molar-refractivity contribution in [2.45, 2.75) is 31.7 Å². The number of hydrogen-bond acceptors (Lipinski definition) is 5. The normalized spacial score (nSPS) is 15.3. The van der Waals surface area contributed by atoms with E-state index in [2.05, 4.69) is 11.2 Å². The van der Waals surface area contributed by atoms with E-state index in [1.807, 2.05) is 38.1 Å². The van der Waals surface area contributed by atoms with E-state index in [0.717, 1.165) is 27.4 Å². The lowest BCUT2D eigenvalue weighted by Gasteiger charge is -2.28. The summed E-state index contributed by atoms with van der Waals surface area (Å²) >= 11 is 1.42. The molecule has 0 bridgehead atoms. The van der Waals surface area contributed by atoms with Gasteiger partial charge in [-0.05, 0) is 37.5 Å². The Morgan fingerprint density at radius 1 is 1.16 bits per heavy atom. The summed E-state index contributed by atoms with van der Waals surface area (Å²) in [6, 6.07) is 11.5. The Balaban J connectivity index is 1.68. The van der Waals surface area contributed by atoms with Crippen LogP contribution in [0.4, 0.5) is 0 Å². The number of aromatic nitrogens is 1.